The van der Waals surface area contributed by atoms with Crippen LogP contribution in [0.5, 0.6) is 0 Å². The van der Waals surface area contributed by atoms with E-state index in [1.54, 1.807) is 11.8 Å². The summed E-state index contributed by atoms with van der Waals surface area (Å²) in [4.78, 5) is 4.77. The Morgan fingerprint density at radius 2 is 2.05 bits per heavy atom. The molecule has 1 heterocycles. The second-order valence-corrected chi connectivity index (χ2v) is 6.62. The van der Waals surface area contributed by atoms with Crippen molar-refractivity contribution in [1.29, 1.82) is 0 Å². The Bertz CT molecular complexity index is 655. The monoisotopic (exact) mass is 316 g/mol. The quantitative estimate of drug-likeness (QED) is 0.881. The zero-order valence-electron chi connectivity index (χ0n) is 11.8. The van der Waals surface area contributed by atoms with Crippen molar-refractivity contribution in [2.24, 2.45) is 4.99 Å². The first-order valence-electron chi connectivity index (χ1n) is 6.98. The molecule has 2 nitrogen and oxygen atoms in total. The van der Waals surface area contributed by atoms with Crippen LogP contribution in [0, 0.1) is 6.92 Å². The number of amidine groups is 1. The highest BCUT2D eigenvalue weighted by Gasteiger charge is 2.19. The molecule has 108 valence electrons. The zero-order valence-corrected chi connectivity index (χ0v) is 13.4. The first-order valence-corrected chi connectivity index (χ1v) is 8.35. The second kappa shape index (κ2) is 6.54. The standard InChI is InChI=1S/C17H17ClN2S/c1-12-7-8-14(18)10-16(12)20-17-19-15(11-21-17)9-13-5-3-2-4-6-13/h2-8,10,15H,9,11H2,1H3,(H,19,20). The molecule has 0 spiro atoms. The van der Waals surface area contributed by atoms with Crippen molar-refractivity contribution < 1.29 is 0 Å². The van der Waals surface area contributed by atoms with Gasteiger partial charge in [-0.2, -0.15) is 0 Å². The molecule has 1 unspecified atom stereocenters. The van der Waals surface area contributed by atoms with Gasteiger partial charge in [0.15, 0.2) is 5.17 Å². The molecule has 2 aromatic rings. The van der Waals surface area contributed by atoms with Crippen LogP contribution in [0.15, 0.2) is 53.5 Å². The molecule has 1 aliphatic heterocycles. The van der Waals surface area contributed by atoms with Crippen molar-refractivity contribution in [2.75, 3.05) is 11.1 Å². The molecule has 0 saturated carbocycles. The van der Waals surface area contributed by atoms with Gasteiger partial charge in [-0.3, -0.25) is 4.99 Å². The first-order chi connectivity index (χ1) is 10.2. The molecule has 0 amide bonds. The van der Waals surface area contributed by atoms with Crippen molar-refractivity contribution >= 4 is 34.2 Å². The fourth-order valence-corrected chi connectivity index (χ4v) is 3.44. The number of hydrogen-bond donors (Lipinski definition) is 1. The van der Waals surface area contributed by atoms with Gasteiger partial charge in [0.25, 0.3) is 0 Å². The Morgan fingerprint density at radius 3 is 2.86 bits per heavy atom. The van der Waals surface area contributed by atoms with Crippen LogP contribution in [0.3, 0.4) is 0 Å². The maximum Gasteiger partial charge on any atom is 0.161 e. The van der Waals surface area contributed by atoms with E-state index in [-0.39, 0.29) is 0 Å². The van der Waals surface area contributed by atoms with Gasteiger partial charge in [-0.05, 0) is 36.6 Å². The van der Waals surface area contributed by atoms with Crippen LogP contribution in [0.1, 0.15) is 11.1 Å². The van der Waals surface area contributed by atoms with E-state index in [9.17, 15) is 0 Å². The average molecular weight is 317 g/mol. The third kappa shape index (κ3) is 3.80. The normalized spacial score (nSPS) is 17.6. The summed E-state index contributed by atoms with van der Waals surface area (Å²) in [7, 11) is 0. The molecular weight excluding hydrogens is 300 g/mol. The summed E-state index contributed by atoms with van der Waals surface area (Å²) in [5.41, 5.74) is 3.55. The molecule has 1 atom stereocenters. The summed E-state index contributed by atoms with van der Waals surface area (Å²) in [5, 5.41) is 5.12. The number of aryl methyl sites for hydroxylation is 1. The maximum atomic E-state index is 6.05. The van der Waals surface area contributed by atoms with Crippen molar-refractivity contribution in [1.82, 2.24) is 0 Å². The van der Waals surface area contributed by atoms with Gasteiger partial charge in [-0.15, -0.1) is 0 Å². The van der Waals surface area contributed by atoms with Gasteiger partial charge in [0.05, 0.1) is 6.04 Å². The molecule has 1 N–H and O–H groups in total. The summed E-state index contributed by atoms with van der Waals surface area (Å²) in [5.74, 6) is 1.02. The summed E-state index contributed by atoms with van der Waals surface area (Å²) in [6.45, 7) is 2.07. The van der Waals surface area contributed by atoms with Gasteiger partial charge >= 0.3 is 0 Å². The van der Waals surface area contributed by atoms with E-state index >= 15 is 0 Å². The topological polar surface area (TPSA) is 24.4 Å². The molecule has 1 aliphatic rings. The summed E-state index contributed by atoms with van der Waals surface area (Å²) in [6.07, 6.45) is 0.994. The zero-order chi connectivity index (χ0) is 14.7. The van der Waals surface area contributed by atoms with Crippen molar-refractivity contribution in [2.45, 2.75) is 19.4 Å². The third-order valence-corrected chi connectivity index (χ3v) is 4.74. The fourth-order valence-electron chi connectivity index (χ4n) is 2.32. The fraction of sp³-hybridized carbons (Fsp3) is 0.235. The third-order valence-electron chi connectivity index (χ3n) is 3.47. The summed E-state index contributed by atoms with van der Waals surface area (Å²) >= 11 is 7.83. The number of anilines is 1. The minimum absolute atomic E-state index is 0.347. The lowest BCUT2D eigenvalue weighted by Gasteiger charge is -2.08. The highest BCUT2D eigenvalue weighted by Crippen LogP contribution is 2.26. The highest BCUT2D eigenvalue weighted by atomic mass is 35.5. The predicted molar refractivity (Wildman–Crippen MR) is 93.6 cm³/mol. The maximum absolute atomic E-state index is 6.05. The van der Waals surface area contributed by atoms with E-state index in [2.05, 4.69) is 36.5 Å². The van der Waals surface area contributed by atoms with E-state index in [0.717, 1.165) is 28.1 Å². The number of thioether (sulfide) groups is 1. The molecule has 0 radical (unpaired) electrons. The number of hydrogen-bond acceptors (Lipinski definition) is 3. The van der Waals surface area contributed by atoms with Crippen LogP contribution >= 0.6 is 23.4 Å². The number of nitrogens with one attached hydrogen (secondary N) is 1. The second-order valence-electron chi connectivity index (χ2n) is 5.17. The average Bonchev–Trinajstić information content (AvgIpc) is 2.91. The summed E-state index contributed by atoms with van der Waals surface area (Å²) < 4.78 is 0. The Kier molecular flexibility index (Phi) is 4.51. The largest absolute Gasteiger partial charge is 0.335 e. The lowest BCUT2D eigenvalue weighted by molar-refractivity contribution is 0.762. The van der Waals surface area contributed by atoms with Gasteiger partial charge < -0.3 is 5.32 Å². The highest BCUT2D eigenvalue weighted by molar-refractivity contribution is 8.14. The molecule has 0 fully saturated rings. The molecule has 0 aliphatic carbocycles. The predicted octanol–water partition coefficient (Wildman–Crippen LogP) is 4.77. The van der Waals surface area contributed by atoms with E-state index in [1.807, 2.05) is 24.3 Å². The molecule has 0 bridgehead atoms. The van der Waals surface area contributed by atoms with Crippen molar-refractivity contribution in [3.05, 3.63) is 64.7 Å². The van der Waals surface area contributed by atoms with Crippen LogP contribution in [-0.4, -0.2) is 17.0 Å². The SMILES string of the molecule is Cc1ccc(Cl)cc1NC1=NC(Cc2ccccc2)CS1. The lowest BCUT2D eigenvalue weighted by Crippen LogP contribution is -2.08. The number of rotatable bonds is 3. The molecule has 21 heavy (non-hydrogen) atoms. The smallest absolute Gasteiger partial charge is 0.161 e. The number of nitrogens with zero attached hydrogens (tertiary/aromatic N) is 1. The van der Waals surface area contributed by atoms with Gasteiger partial charge in [0.1, 0.15) is 0 Å². The number of benzene rings is 2. The van der Waals surface area contributed by atoms with E-state index in [4.69, 9.17) is 16.6 Å². The lowest BCUT2D eigenvalue weighted by atomic mass is 10.1. The Hall–Kier alpha value is -1.45. The van der Waals surface area contributed by atoms with Gasteiger partial charge in [0, 0.05) is 16.5 Å². The molecular formula is C17H17ClN2S. The summed E-state index contributed by atoms with van der Waals surface area (Å²) in [6, 6.07) is 16.7. The molecule has 3 rings (SSSR count). The molecule has 0 aromatic heterocycles. The van der Waals surface area contributed by atoms with E-state index in [1.165, 1.54) is 11.1 Å². The number of aliphatic imine (C=N–C) groups is 1. The van der Waals surface area contributed by atoms with Gasteiger partial charge in [0.2, 0.25) is 0 Å². The first kappa shape index (κ1) is 14.5. The van der Waals surface area contributed by atoms with Crippen LogP contribution < -0.4 is 5.32 Å². The minimum Gasteiger partial charge on any atom is -0.335 e. The Labute approximate surface area is 134 Å². The number of halogens is 1. The van der Waals surface area contributed by atoms with Crippen molar-refractivity contribution in [3.8, 4) is 0 Å². The van der Waals surface area contributed by atoms with Crippen LogP contribution in [0.4, 0.5) is 5.69 Å². The Balaban J connectivity index is 1.67. The van der Waals surface area contributed by atoms with Crippen LogP contribution in [0.25, 0.3) is 0 Å². The molecule has 0 saturated heterocycles. The van der Waals surface area contributed by atoms with Gasteiger partial charge in [-0.1, -0.05) is 59.8 Å². The van der Waals surface area contributed by atoms with Crippen LogP contribution in [-0.2, 0) is 6.42 Å². The van der Waals surface area contributed by atoms with Crippen molar-refractivity contribution in [3.63, 3.8) is 0 Å². The Morgan fingerprint density at radius 1 is 1.24 bits per heavy atom. The van der Waals surface area contributed by atoms with E-state index < -0.39 is 0 Å². The van der Waals surface area contributed by atoms with Crippen LogP contribution in [0.2, 0.25) is 5.02 Å². The molecule has 2 aromatic carbocycles. The van der Waals surface area contributed by atoms with E-state index in [0.29, 0.717) is 6.04 Å². The van der Waals surface area contributed by atoms with Gasteiger partial charge in [-0.25, -0.2) is 0 Å². The minimum atomic E-state index is 0.347. The molecule has 4 heteroatoms.